The third-order valence-electron chi connectivity index (χ3n) is 4.80. The summed E-state index contributed by atoms with van der Waals surface area (Å²) in [6.45, 7) is 11.2. The first kappa shape index (κ1) is 20.2. The van der Waals surface area contributed by atoms with Gasteiger partial charge in [0, 0.05) is 11.0 Å². The van der Waals surface area contributed by atoms with Crippen molar-refractivity contribution in [2.45, 2.75) is 52.9 Å². The molecule has 0 fully saturated rings. The van der Waals surface area contributed by atoms with Gasteiger partial charge in [-0.15, -0.1) is 0 Å². The number of primary amides is 1. The van der Waals surface area contributed by atoms with Gasteiger partial charge >= 0.3 is 6.09 Å². The third-order valence-corrected chi connectivity index (χ3v) is 4.80. The van der Waals surface area contributed by atoms with Crippen molar-refractivity contribution in [3.8, 4) is 16.9 Å². The Labute approximate surface area is 166 Å². The maximum absolute atomic E-state index is 11.3. The molecule has 2 aromatic rings. The fourth-order valence-corrected chi connectivity index (χ4v) is 3.25. The van der Waals surface area contributed by atoms with Crippen LogP contribution < -0.4 is 10.5 Å². The van der Waals surface area contributed by atoms with E-state index in [9.17, 15) is 4.79 Å². The van der Waals surface area contributed by atoms with Crippen LogP contribution in [0, 0.1) is 5.41 Å². The van der Waals surface area contributed by atoms with Crippen molar-refractivity contribution < 1.29 is 19.0 Å². The van der Waals surface area contributed by atoms with Gasteiger partial charge in [0.15, 0.2) is 0 Å². The molecular formula is C23H29NO4. The largest absolute Gasteiger partial charge is 0.492 e. The minimum atomic E-state index is -0.775. The first-order valence-electron chi connectivity index (χ1n) is 9.51. The Morgan fingerprint density at radius 1 is 1.14 bits per heavy atom. The highest BCUT2D eigenvalue weighted by molar-refractivity contribution is 5.68. The fraction of sp³-hybridized carbons (Fsp3) is 0.435. The van der Waals surface area contributed by atoms with Crippen molar-refractivity contribution in [1.82, 2.24) is 0 Å². The lowest BCUT2D eigenvalue weighted by atomic mass is 9.80. The van der Waals surface area contributed by atoms with Gasteiger partial charge in [0.2, 0.25) is 0 Å². The highest BCUT2D eigenvalue weighted by Crippen LogP contribution is 2.46. The van der Waals surface area contributed by atoms with E-state index in [2.05, 4.69) is 24.3 Å². The molecule has 5 nitrogen and oxygen atoms in total. The quantitative estimate of drug-likeness (QED) is 0.785. The topological polar surface area (TPSA) is 70.8 Å². The maximum Gasteiger partial charge on any atom is 0.405 e. The molecule has 0 saturated carbocycles. The van der Waals surface area contributed by atoms with E-state index in [1.54, 1.807) is 0 Å². The van der Waals surface area contributed by atoms with Gasteiger partial charge in [-0.05, 0) is 43.5 Å². The van der Waals surface area contributed by atoms with E-state index in [0.29, 0.717) is 13.2 Å². The fourth-order valence-electron chi connectivity index (χ4n) is 3.25. The first-order chi connectivity index (χ1) is 13.0. The number of fused-ring (bicyclic) bond motifs is 1. The SMILES string of the molecule is CC(C)(C)OCc1ccc(-c2ccc3c(c2)OCC(C)(C)C3OC(N)=O)cc1. The zero-order valence-electron chi connectivity index (χ0n) is 17.2. The number of hydrogen-bond acceptors (Lipinski definition) is 4. The molecule has 0 saturated heterocycles. The molecule has 1 atom stereocenters. The van der Waals surface area contributed by atoms with Gasteiger partial charge in [-0.2, -0.15) is 0 Å². The molecule has 0 bridgehead atoms. The summed E-state index contributed by atoms with van der Waals surface area (Å²) in [6, 6.07) is 14.3. The average Bonchev–Trinajstić information content (AvgIpc) is 2.62. The van der Waals surface area contributed by atoms with E-state index in [1.165, 1.54) is 0 Å². The summed E-state index contributed by atoms with van der Waals surface area (Å²) in [7, 11) is 0. The zero-order valence-corrected chi connectivity index (χ0v) is 17.2. The van der Waals surface area contributed by atoms with Gasteiger partial charge in [-0.1, -0.05) is 50.2 Å². The van der Waals surface area contributed by atoms with E-state index >= 15 is 0 Å². The molecule has 150 valence electrons. The summed E-state index contributed by atoms with van der Waals surface area (Å²) in [6.07, 6.45) is -1.21. The Hall–Kier alpha value is -2.53. The minimum Gasteiger partial charge on any atom is -0.492 e. The highest BCUT2D eigenvalue weighted by atomic mass is 16.6. The van der Waals surface area contributed by atoms with Gasteiger partial charge < -0.3 is 19.9 Å². The molecule has 2 aromatic carbocycles. The van der Waals surface area contributed by atoms with E-state index in [1.807, 2.05) is 52.8 Å². The van der Waals surface area contributed by atoms with Crippen LogP contribution in [0.2, 0.25) is 0 Å². The molecule has 1 heterocycles. The molecule has 0 spiro atoms. The summed E-state index contributed by atoms with van der Waals surface area (Å²) in [5.41, 5.74) is 8.86. The van der Waals surface area contributed by atoms with Gasteiger partial charge in [-0.25, -0.2) is 4.79 Å². The van der Waals surface area contributed by atoms with Crippen molar-refractivity contribution in [3.63, 3.8) is 0 Å². The van der Waals surface area contributed by atoms with Crippen LogP contribution in [0.4, 0.5) is 4.79 Å². The molecular weight excluding hydrogens is 354 g/mol. The smallest absolute Gasteiger partial charge is 0.405 e. The monoisotopic (exact) mass is 383 g/mol. The van der Waals surface area contributed by atoms with Crippen LogP contribution >= 0.6 is 0 Å². The summed E-state index contributed by atoms with van der Waals surface area (Å²) >= 11 is 0. The molecule has 1 aliphatic rings. The van der Waals surface area contributed by atoms with E-state index in [4.69, 9.17) is 19.9 Å². The molecule has 1 aliphatic heterocycles. The number of hydrogen-bond donors (Lipinski definition) is 1. The second kappa shape index (κ2) is 7.47. The predicted octanol–water partition coefficient (Wildman–Crippen LogP) is 5.22. The Kier molecular flexibility index (Phi) is 5.39. The van der Waals surface area contributed by atoms with E-state index in [0.717, 1.165) is 28.0 Å². The van der Waals surface area contributed by atoms with E-state index in [-0.39, 0.29) is 11.0 Å². The molecule has 1 amide bonds. The standard InChI is InChI=1S/C23H29NO4/c1-22(2,3)27-13-15-6-8-16(9-7-15)17-10-11-18-19(12-17)26-14-23(4,5)20(18)28-21(24)25/h6-12,20H,13-14H2,1-5H3,(H2,24,25). The van der Waals surface area contributed by atoms with Gasteiger partial charge in [0.05, 0.1) is 18.8 Å². The lowest BCUT2D eigenvalue weighted by molar-refractivity contribution is -0.0176. The molecule has 1 unspecified atom stereocenters. The van der Waals surface area contributed by atoms with Crippen LogP contribution in [-0.4, -0.2) is 18.3 Å². The average molecular weight is 383 g/mol. The Morgan fingerprint density at radius 3 is 2.39 bits per heavy atom. The number of nitrogens with two attached hydrogens (primary N) is 1. The lowest BCUT2D eigenvalue weighted by Gasteiger charge is -2.38. The van der Waals surface area contributed by atoms with Crippen molar-refractivity contribution in [3.05, 3.63) is 53.6 Å². The van der Waals surface area contributed by atoms with Crippen LogP contribution in [0.5, 0.6) is 5.75 Å². The number of rotatable bonds is 4. The summed E-state index contributed by atoms with van der Waals surface area (Å²) in [5, 5.41) is 0. The molecule has 2 N–H and O–H groups in total. The van der Waals surface area contributed by atoms with Crippen molar-refractivity contribution in [2.75, 3.05) is 6.61 Å². The number of ether oxygens (including phenoxy) is 3. The summed E-state index contributed by atoms with van der Waals surface area (Å²) in [5.74, 6) is 0.725. The Bertz CT molecular complexity index is 850. The molecule has 0 aliphatic carbocycles. The maximum atomic E-state index is 11.3. The van der Waals surface area contributed by atoms with Gasteiger partial charge in [-0.3, -0.25) is 0 Å². The lowest BCUT2D eigenvalue weighted by Crippen LogP contribution is -2.37. The third kappa shape index (κ3) is 4.65. The molecule has 28 heavy (non-hydrogen) atoms. The number of carbonyl (C=O) groups is 1. The normalized spacial score (nSPS) is 18.1. The number of benzene rings is 2. The van der Waals surface area contributed by atoms with Gasteiger partial charge in [0.25, 0.3) is 0 Å². The van der Waals surface area contributed by atoms with Crippen LogP contribution in [0.25, 0.3) is 11.1 Å². The molecule has 5 heteroatoms. The second-order valence-corrected chi connectivity index (χ2v) is 8.94. The molecule has 0 radical (unpaired) electrons. The van der Waals surface area contributed by atoms with Crippen molar-refractivity contribution in [2.24, 2.45) is 11.1 Å². The van der Waals surface area contributed by atoms with Crippen LogP contribution in [-0.2, 0) is 16.1 Å². The van der Waals surface area contributed by atoms with Crippen LogP contribution in [0.3, 0.4) is 0 Å². The van der Waals surface area contributed by atoms with Gasteiger partial charge in [0.1, 0.15) is 11.9 Å². The zero-order chi connectivity index (χ0) is 20.5. The summed E-state index contributed by atoms with van der Waals surface area (Å²) in [4.78, 5) is 11.3. The Morgan fingerprint density at radius 2 is 1.79 bits per heavy atom. The first-order valence-corrected chi connectivity index (χ1v) is 9.51. The van der Waals surface area contributed by atoms with Crippen LogP contribution in [0.1, 0.15) is 51.8 Å². The predicted molar refractivity (Wildman–Crippen MR) is 109 cm³/mol. The second-order valence-electron chi connectivity index (χ2n) is 8.94. The molecule has 0 aromatic heterocycles. The molecule has 3 rings (SSSR count). The van der Waals surface area contributed by atoms with Crippen LogP contribution in [0.15, 0.2) is 42.5 Å². The Balaban J connectivity index is 1.83. The minimum absolute atomic E-state index is 0.161. The number of carbonyl (C=O) groups excluding carboxylic acids is 1. The van der Waals surface area contributed by atoms with Crippen molar-refractivity contribution in [1.29, 1.82) is 0 Å². The highest BCUT2D eigenvalue weighted by Gasteiger charge is 2.40. The van der Waals surface area contributed by atoms with Crippen molar-refractivity contribution >= 4 is 6.09 Å². The summed E-state index contributed by atoms with van der Waals surface area (Å²) < 4.78 is 17.2. The van der Waals surface area contributed by atoms with E-state index < -0.39 is 12.2 Å². The number of amides is 1.